The van der Waals surface area contributed by atoms with Gasteiger partial charge in [-0.2, -0.15) is 0 Å². The van der Waals surface area contributed by atoms with Crippen molar-refractivity contribution in [2.24, 2.45) is 0 Å². The van der Waals surface area contributed by atoms with Crippen LogP contribution in [0.5, 0.6) is 5.88 Å². The van der Waals surface area contributed by atoms with E-state index >= 15 is 0 Å². The summed E-state index contributed by atoms with van der Waals surface area (Å²) in [4.78, 5) is 76.8. The Labute approximate surface area is 361 Å². The van der Waals surface area contributed by atoms with Gasteiger partial charge in [0, 0.05) is 93.6 Å². The number of carbonyl (C=O) groups is 4. The lowest BCUT2D eigenvalue weighted by Gasteiger charge is -2.49. The summed E-state index contributed by atoms with van der Waals surface area (Å²) in [5.41, 5.74) is 7.43. The highest BCUT2D eigenvalue weighted by molar-refractivity contribution is 6.05. The van der Waals surface area contributed by atoms with Gasteiger partial charge in [0.25, 0.3) is 0 Å². The van der Waals surface area contributed by atoms with Gasteiger partial charge in [-0.3, -0.25) is 29.6 Å². The second-order valence-electron chi connectivity index (χ2n) is 17.5. The lowest BCUT2D eigenvalue weighted by Crippen LogP contribution is -2.63. The van der Waals surface area contributed by atoms with Crippen LogP contribution < -0.4 is 35.0 Å². The van der Waals surface area contributed by atoms with Gasteiger partial charge in [0.2, 0.25) is 23.6 Å². The highest BCUT2D eigenvalue weighted by Gasteiger charge is 2.36. The fourth-order valence-electron chi connectivity index (χ4n) is 8.74. The Balaban J connectivity index is 0.754. The average Bonchev–Trinajstić information content (AvgIpc) is 3.23. The summed E-state index contributed by atoms with van der Waals surface area (Å²) in [6.07, 6.45) is 4.66. The van der Waals surface area contributed by atoms with Crippen molar-refractivity contribution in [3.8, 4) is 5.88 Å². The molecule has 0 spiro atoms. The number of amides is 5. The molecule has 3 fully saturated rings. The Morgan fingerprint density at radius 1 is 0.903 bits per heavy atom. The van der Waals surface area contributed by atoms with E-state index in [4.69, 9.17) is 14.5 Å². The van der Waals surface area contributed by atoms with E-state index in [0.717, 1.165) is 84.3 Å². The number of aromatic nitrogens is 3. The summed E-state index contributed by atoms with van der Waals surface area (Å²) in [7, 11) is 0. The summed E-state index contributed by atoms with van der Waals surface area (Å²) in [5.74, 6) is 0.799. The highest BCUT2D eigenvalue weighted by Crippen LogP contribution is 2.40. The molecule has 9 rings (SSSR count). The van der Waals surface area contributed by atoms with Crippen LogP contribution in [0.4, 0.5) is 44.0 Å². The third-order valence-corrected chi connectivity index (χ3v) is 12.1. The van der Waals surface area contributed by atoms with E-state index in [1.807, 2.05) is 87.5 Å². The fraction of sp³-hybridized carbons (Fsp3) is 0.444. The molecule has 62 heavy (non-hydrogen) atoms. The van der Waals surface area contributed by atoms with Gasteiger partial charge in [-0.25, -0.2) is 24.5 Å². The number of hydrogen-bond acceptors (Lipinski definition) is 13. The third kappa shape index (κ3) is 8.66. The average molecular weight is 844 g/mol. The number of piperazine rings is 1. The Kier molecular flexibility index (Phi) is 11.1. The van der Waals surface area contributed by atoms with Gasteiger partial charge in [0.1, 0.15) is 17.9 Å². The van der Waals surface area contributed by atoms with Crippen molar-refractivity contribution in [1.29, 1.82) is 0 Å². The Hall–Kier alpha value is -6.49. The van der Waals surface area contributed by atoms with Crippen LogP contribution in [0.25, 0.3) is 0 Å². The standard InChI is InChI=1S/C45H53N11O6/c1-29-37(25-46-41-40(29)56(20-21-61-41)44(60)62-45(2,3)4)53-14-12-31-24-47-42(49-36(31)28-53)48-32-10-8-30(9-11-32)22-39(58)52-18-16-51(17-19-52)35-26-54(27-35)33-6-5-7-34(23-33)55-15-13-38(57)50-43(55)59/h5-11,23-25,35H,12-22,26-28H2,1-4H3,(H,47,48,49)(H,50,57,59). The Morgan fingerprint density at radius 2 is 1.68 bits per heavy atom. The van der Waals surface area contributed by atoms with Crippen LogP contribution in [0, 0.1) is 6.92 Å². The monoisotopic (exact) mass is 843 g/mol. The number of urea groups is 1. The molecule has 324 valence electrons. The molecule has 0 atom stereocenters. The summed E-state index contributed by atoms with van der Waals surface area (Å²) >= 11 is 0. The van der Waals surface area contributed by atoms with E-state index in [-0.39, 0.29) is 17.8 Å². The van der Waals surface area contributed by atoms with Crippen LogP contribution in [0.2, 0.25) is 0 Å². The molecule has 4 aromatic rings. The van der Waals surface area contributed by atoms with Crippen LogP contribution in [0.1, 0.15) is 49.6 Å². The highest BCUT2D eigenvalue weighted by atomic mass is 16.6. The molecule has 5 aliphatic heterocycles. The smallest absolute Gasteiger partial charge is 0.415 e. The molecule has 0 unspecified atom stereocenters. The summed E-state index contributed by atoms with van der Waals surface area (Å²) in [5, 5.41) is 5.74. The number of benzene rings is 2. The van der Waals surface area contributed by atoms with Crippen LogP contribution in [0.15, 0.2) is 60.9 Å². The molecule has 0 saturated carbocycles. The topological polar surface area (TPSA) is 169 Å². The number of rotatable bonds is 8. The Morgan fingerprint density at radius 3 is 2.44 bits per heavy atom. The first-order valence-electron chi connectivity index (χ1n) is 21.4. The minimum Gasteiger partial charge on any atom is -0.474 e. The number of imide groups is 1. The first-order chi connectivity index (χ1) is 29.8. The number of fused-ring (bicyclic) bond motifs is 2. The van der Waals surface area contributed by atoms with Gasteiger partial charge in [-0.1, -0.05) is 18.2 Å². The minimum atomic E-state index is -0.628. The first-order valence-corrected chi connectivity index (χ1v) is 21.4. The second kappa shape index (κ2) is 16.8. The maximum atomic E-state index is 13.4. The minimum absolute atomic E-state index is 0.123. The fourth-order valence-corrected chi connectivity index (χ4v) is 8.74. The molecule has 2 aromatic heterocycles. The zero-order chi connectivity index (χ0) is 43.1. The molecule has 17 nitrogen and oxygen atoms in total. The van der Waals surface area contributed by atoms with Gasteiger partial charge >= 0.3 is 12.1 Å². The van der Waals surface area contributed by atoms with E-state index in [2.05, 4.69) is 41.4 Å². The van der Waals surface area contributed by atoms with Gasteiger partial charge < -0.3 is 29.5 Å². The molecular weight excluding hydrogens is 791 g/mol. The lowest BCUT2D eigenvalue weighted by molar-refractivity contribution is -0.132. The predicted octanol–water partition coefficient (Wildman–Crippen LogP) is 4.64. The maximum absolute atomic E-state index is 13.4. The van der Waals surface area contributed by atoms with E-state index in [0.29, 0.717) is 75.7 Å². The van der Waals surface area contributed by atoms with E-state index < -0.39 is 11.7 Å². The molecule has 0 aliphatic carbocycles. The summed E-state index contributed by atoms with van der Waals surface area (Å²) in [6, 6.07) is 15.8. The normalized spacial score (nSPS) is 18.4. The van der Waals surface area contributed by atoms with Crippen LogP contribution in [-0.4, -0.2) is 126 Å². The van der Waals surface area contributed by atoms with E-state index in [1.54, 1.807) is 9.80 Å². The predicted molar refractivity (Wildman–Crippen MR) is 234 cm³/mol. The molecule has 0 bridgehead atoms. The van der Waals surface area contributed by atoms with Crippen molar-refractivity contribution in [1.82, 2.24) is 30.1 Å². The summed E-state index contributed by atoms with van der Waals surface area (Å²) in [6.45, 7) is 14.8. The number of hydrogen-bond donors (Lipinski definition) is 2. The van der Waals surface area contributed by atoms with Gasteiger partial charge in [-0.15, -0.1) is 0 Å². The number of carbonyl (C=O) groups excluding carboxylic acids is 4. The molecule has 2 N–H and O–H groups in total. The van der Waals surface area contributed by atoms with Crippen molar-refractivity contribution in [3.63, 3.8) is 0 Å². The first kappa shape index (κ1) is 40.9. The van der Waals surface area contributed by atoms with Crippen molar-refractivity contribution in [2.45, 2.75) is 65.1 Å². The van der Waals surface area contributed by atoms with Crippen LogP contribution >= 0.6 is 0 Å². The lowest BCUT2D eigenvalue weighted by atomic mass is 10.0. The molecule has 2 aromatic carbocycles. The van der Waals surface area contributed by atoms with Gasteiger partial charge in [0.05, 0.1) is 37.1 Å². The quantitative estimate of drug-likeness (QED) is 0.252. The van der Waals surface area contributed by atoms with Gasteiger partial charge in [0.15, 0.2) is 0 Å². The number of pyridine rings is 1. The second-order valence-corrected chi connectivity index (χ2v) is 17.5. The Bertz CT molecular complexity index is 2370. The third-order valence-electron chi connectivity index (χ3n) is 12.1. The molecule has 7 heterocycles. The zero-order valence-corrected chi connectivity index (χ0v) is 35.7. The van der Waals surface area contributed by atoms with Crippen molar-refractivity contribution >= 4 is 58.3 Å². The molecule has 0 radical (unpaired) electrons. The van der Waals surface area contributed by atoms with Crippen LogP contribution in [-0.2, 0) is 33.7 Å². The van der Waals surface area contributed by atoms with Crippen molar-refractivity contribution in [2.75, 3.05) is 90.4 Å². The maximum Gasteiger partial charge on any atom is 0.415 e. The van der Waals surface area contributed by atoms with Crippen molar-refractivity contribution < 1.29 is 28.7 Å². The largest absolute Gasteiger partial charge is 0.474 e. The molecule has 5 aliphatic rings. The number of nitrogens with zero attached hydrogens (tertiary/aromatic N) is 9. The van der Waals surface area contributed by atoms with E-state index in [1.165, 1.54) is 0 Å². The number of ether oxygens (including phenoxy) is 2. The summed E-state index contributed by atoms with van der Waals surface area (Å²) < 4.78 is 11.6. The number of nitrogens with one attached hydrogen (secondary N) is 2. The van der Waals surface area contributed by atoms with E-state index in [9.17, 15) is 19.2 Å². The number of anilines is 6. The molecular formula is C45H53N11O6. The SMILES string of the molecule is Cc1c(N2CCc3cnc(Nc4ccc(CC(=O)N5CCN(C6CN(c7cccc(N8CCC(=O)NC8=O)c7)C6)CC5)cc4)nc3C2)cnc2c1N(C(=O)OC(C)(C)C)CCO2. The van der Waals surface area contributed by atoms with Crippen LogP contribution in [0.3, 0.4) is 0 Å². The van der Waals surface area contributed by atoms with Crippen molar-refractivity contribution in [3.05, 3.63) is 83.3 Å². The van der Waals surface area contributed by atoms with Gasteiger partial charge in [-0.05, 0) is 75.6 Å². The molecule has 3 saturated heterocycles. The molecule has 17 heteroatoms. The zero-order valence-electron chi connectivity index (χ0n) is 35.7. The molecule has 5 amide bonds.